The van der Waals surface area contributed by atoms with E-state index in [1.807, 2.05) is 41.6 Å². The second kappa shape index (κ2) is 6.11. The SMILES string of the molecule is C=CC/C=N\CCn1cc(-c2nc3cnc4[nH]ccc4c3[nH]2)cn1. The Labute approximate surface area is 138 Å². The molecule has 7 nitrogen and oxygen atoms in total. The van der Waals surface area contributed by atoms with E-state index in [1.54, 1.807) is 6.20 Å². The van der Waals surface area contributed by atoms with Gasteiger partial charge in [0.1, 0.15) is 17.0 Å². The highest BCUT2D eigenvalue weighted by Gasteiger charge is 2.11. The van der Waals surface area contributed by atoms with Gasteiger partial charge in [-0.1, -0.05) is 6.08 Å². The van der Waals surface area contributed by atoms with E-state index in [0.29, 0.717) is 6.54 Å². The molecule has 0 bridgehead atoms. The number of nitrogens with one attached hydrogen (secondary N) is 2. The van der Waals surface area contributed by atoms with Gasteiger partial charge in [0.25, 0.3) is 0 Å². The fraction of sp³-hybridized carbons (Fsp3) is 0.176. The second-order valence-corrected chi connectivity index (χ2v) is 5.45. The fourth-order valence-electron chi connectivity index (χ4n) is 2.63. The lowest BCUT2D eigenvalue weighted by Gasteiger charge is -1.96. The Kier molecular flexibility index (Phi) is 3.66. The summed E-state index contributed by atoms with van der Waals surface area (Å²) in [4.78, 5) is 19.8. The van der Waals surface area contributed by atoms with E-state index in [-0.39, 0.29) is 0 Å². The van der Waals surface area contributed by atoms with Crippen LogP contribution in [0.2, 0.25) is 0 Å². The maximum atomic E-state index is 4.62. The zero-order valence-corrected chi connectivity index (χ0v) is 13.1. The molecule has 0 aliphatic rings. The predicted molar refractivity (Wildman–Crippen MR) is 95.1 cm³/mol. The maximum Gasteiger partial charge on any atom is 0.141 e. The Bertz CT molecular complexity index is 1020. The first kappa shape index (κ1) is 14.4. The number of fused-ring (bicyclic) bond motifs is 3. The summed E-state index contributed by atoms with van der Waals surface area (Å²) >= 11 is 0. The van der Waals surface area contributed by atoms with Gasteiger partial charge in [-0.2, -0.15) is 5.10 Å². The van der Waals surface area contributed by atoms with Gasteiger partial charge in [0, 0.05) is 24.0 Å². The van der Waals surface area contributed by atoms with Gasteiger partial charge in [0.05, 0.1) is 36.6 Å². The zero-order chi connectivity index (χ0) is 16.4. The predicted octanol–water partition coefficient (Wildman–Crippen LogP) is 2.95. The van der Waals surface area contributed by atoms with Crippen LogP contribution in [0, 0.1) is 0 Å². The lowest BCUT2D eigenvalue weighted by molar-refractivity contribution is 0.626. The van der Waals surface area contributed by atoms with Gasteiger partial charge in [-0.15, -0.1) is 6.58 Å². The molecule has 0 fully saturated rings. The van der Waals surface area contributed by atoms with Crippen molar-refractivity contribution >= 4 is 28.3 Å². The summed E-state index contributed by atoms with van der Waals surface area (Å²) in [6.45, 7) is 5.09. The van der Waals surface area contributed by atoms with Gasteiger partial charge < -0.3 is 9.97 Å². The molecule has 120 valence electrons. The van der Waals surface area contributed by atoms with Crippen molar-refractivity contribution < 1.29 is 0 Å². The summed E-state index contributed by atoms with van der Waals surface area (Å²) in [5.41, 5.74) is 3.63. The van der Waals surface area contributed by atoms with Gasteiger partial charge in [0.2, 0.25) is 0 Å². The van der Waals surface area contributed by atoms with E-state index in [2.05, 4.69) is 36.6 Å². The normalized spacial score (nSPS) is 11.8. The van der Waals surface area contributed by atoms with Crippen molar-refractivity contribution in [2.75, 3.05) is 6.54 Å². The summed E-state index contributed by atoms with van der Waals surface area (Å²) in [6, 6.07) is 2.00. The number of hydrogen-bond acceptors (Lipinski definition) is 4. The highest BCUT2D eigenvalue weighted by molar-refractivity contribution is 6.01. The zero-order valence-electron chi connectivity index (χ0n) is 13.1. The molecule has 0 aliphatic heterocycles. The molecular formula is C17H17N7. The summed E-state index contributed by atoms with van der Waals surface area (Å²) < 4.78 is 1.87. The van der Waals surface area contributed by atoms with Crippen LogP contribution >= 0.6 is 0 Å². The van der Waals surface area contributed by atoms with E-state index in [9.17, 15) is 0 Å². The van der Waals surface area contributed by atoms with Crippen molar-refractivity contribution in [2.24, 2.45) is 4.99 Å². The van der Waals surface area contributed by atoms with E-state index in [1.165, 1.54) is 0 Å². The highest BCUT2D eigenvalue weighted by Crippen LogP contribution is 2.24. The molecule has 0 aliphatic carbocycles. The quantitative estimate of drug-likeness (QED) is 0.423. The molecule has 0 saturated carbocycles. The molecular weight excluding hydrogens is 302 g/mol. The summed E-state index contributed by atoms with van der Waals surface area (Å²) in [5, 5.41) is 5.41. The number of aromatic nitrogens is 6. The average Bonchev–Trinajstić information content (AvgIpc) is 3.31. The number of H-pyrrole nitrogens is 2. The molecule has 4 aromatic heterocycles. The molecule has 0 atom stereocenters. The molecule has 0 unspecified atom stereocenters. The molecule has 0 radical (unpaired) electrons. The third-order valence-electron chi connectivity index (χ3n) is 3.81. The first-order valence-electron chi connectivity index (χ1n) is 7.79. The number of rotatable bonds is 6. The topological polar surface area (TPSA) is 87.5 Å². The number of aliphatic imine (C=N–C) groups is 1. The van der Waals surface area contributed by atoms with Crippen LogP contribution in [0.5, 0.6) is 0 Å². The Morgan fingerprint density at radius 3 is 3.21 bits per heavy atom. The molecule has 0 spiro atoms. The average molecular weight is 319 g/mol. The van der Waals surface area contributed by atoms with E-state index >= 15 is 0 Å². The molecule has 24 heavy (non-hydrogen) atoms. The maximum absolute atomic E-state index is 4.62. The molecule has 2 N–H and O–H groups in total. The van der Waals surface area contributed by atoms with Gasteiger partial charge >= 0.3 is 0 Å². The lowest BCUT2D eigenvalue weighted by Crippen LogP contribution is -2.01. The van der Waals surface area contributed by atoms with Crippen molar-refractivity contribution in [3.63, 3.8) is 0 Å². The van der Waals surface area contributed by atoms with E-state index < -0.39 is 0 Å². The lowest BCUT2D eigenvalue weighted by atomic mass is 10.3. The van der Waals surface area contributed by atoms with Crippen LogP contribution in [0.1, 0.15) is 6.42 Å². The number of aromatic amines is 2. The van der Waals surface area contributed by atoms with Crippen LogP contribution in [0.3, 0.4) is 0 Å². The van der Waals surface area contributed by atoms with Gasteiger partial charge in [-0.3, -0.25) is 9.67 Å². The summed E-state index contributed by atoms with van der Waals surface area (Å²) in [6.07, 6.45) is 11.9. The number of imidazole rings is 1. The van der Waals surface area contributed by atoms with Gasteiger partial charge in [-0.05, 0) is 12.5 Å². The number of pyridine rings is 1. The number of hydrogen-bond donors (Lipinski definition) is 2. The first-order chi connectivity index (χ1) is 11.8. The van der Waals surface area contributed by atoms with Crippen LogP contribution in [-0.2, 0) is 6.54 Å². The number of allylic oxidation sites excluding steroid dienone is 1. The summed E-state index contributed by atoms with van der Waals surface area (Å²) in [5.74, 6) is 0.793. The number of nitrogens with zero attached hydrogens (tertiary/aromatic N) is 5. The molecule has 0 saturated heterocycles. The van der Waals surface area contributed by atoms with E-state index in [4.69, 9.17) is 0 Å². The third-order valence-corrected chi connectivity index (χ3v) is 3.81. The van der Waals surface area contributed by atoms with Crippen LogP contribution in [0.25, 0.3) is 33.5 Å². The Balaban J connectivity index is 1.57. The second-order valence-electron chi connectivity index (χ2n) is 5.45. The van der Waals surface area contributed by atoms with Crippen molar-refractivity contribution in [3.8, 4) is 11.4 Å². The minimum absolute atomic E-state index is 0.697. The Morgan fingerprint density at radius 2 is 2.29 bits per heavy atom. The monoisotopic (exact) mass is 319 g/mol. The van der Waals surface area contributed by atoms with Crippen molar-refractivity contribution in [1.82, 2.24) is 29.7 Å². The molecule has 0 aromatic carbocycles. The minimum atomic E-state index is 0.697. The smallest absolute Gasteiger partial charge is 0.141 e. The molecule has 7 heteroatoms. The van der Waals surface area contributed by atoms with Crippen LogP contribution < -0.4 is 0 Å². The van der Waals surface area contributed by atoms with Crippen LogP contribution in [0.4, 0.5) is 0 Å². The largest absolute Gasteiger partial charge is 0.346 e. The van der Waals surface area contributed by atoms with Crippen molar-refractivity contribution in [1.29, 1.82) is 0 Å². The third kappa shape index (κ3) is 2.60. The van der Waals surface area contributed by atoms with Gasteiger partial charge in [0.15, 0.2) is 0 Å². The standard InChI is InChI=1S/C17H17N7/c1-2-3-5-18-7-8-24-11-12(9-21-24)16-22-14-10-20-17-13(4-6-19-17)15(14)23-16/h2,4-6,9-11H,1,3,7-8H2,(H,19,20)(H,22,23)/b18-5-. The van der Waals surface area contributed by atoms with Crippen LogP contribution in [-0.4, -0.2) is 42.5 Å². The van der Waals surface area contributed by atoms with Crippen LogP contribution in [0.15, 0.2) is 48.5 Å². The minimum Gasteiger partial charge on any atom is -0.346 e. The van der Waals surface area contributed by atoms with E-state index in [0.717, 1.165) is 46.4 Å². The van der Waals surface area contributed by atoms with Gasteiger partial charge in [-0.25, -0.2) is 9.97 Å². The highest BCUT2D eigenvalue weighted by atomic mass is 15.3. The molecule has 4 rings (SSSR count). The molecule has 0 amide bonds. The Hall–Kier alpha value is -3.22. The van der Waals surface area contributed by atoms with Crippen molar-refractivity contribution in [2.45, 2.75) is 13.0 Å². The molecule has 4 aromatic rings. The van der Waals surface area contributed by atoms with Crippen molar-refractivity contribution in [3.05, 3.63) is 43.5 Å². The molecule has 4 heterocycles. The Morgan fingerprint density at radius 1 is 1.33 bits per heavy atom. The summed E-state index contributed by atoms with van der Waals surface area (Å²) in [7, 11) is 0. The first-order valence-corrected chi connectivity index (χ1v) is 7.79. The fourth-order valence-corrected chi connectivity index (χ4v) is 2.63.